The lowest BCUT2D eigenvalue weighted by atomic mass is 9.99. The quantitative estimate of drug-likeness (QED) is 0.0345. The van der Waals surface area contributed by atoms with E-state index < -0.39 is 6.10 Å². The summed E-state index contributed by atoms with van der Waals surface area (Å²) in [4.78, 5) is 38.0. The first-order valence-electron chi connectivity index (χ1n) is 26.9. The Hall–Kier alpha value is -1.59. The summed E-state index contributed by atoms with van der Waals surface area (Å²) in [5.74, 6) is 0.00193. The minimum Gasteiger partial charge on any atom is -0.462 e. The number of carbonyl (C=O) groups is 3. The van der Waals surface area contributed by atoms with Crippen LogP contribution in [-0.4, -0.2) is 37.2 Å². The third-order valence-electron chi connectivity index (χ3n) is 12.7. The summed E-state index contributed by atoms with van der Waals surface area (Å²) >= 11 is 0. The van der Waals surface area contributed by atoms with Crippen molar-refractivity contribution < 1.29 is 28.6 Å². The molecule has 0 aromatic heterocycles. The number of carbonyl (C=O) groups excluding carboxylic acids is 3. The van der Waals surface area contributed by atoms with E-state index in [-0.39, 0.29) is 31.1 Å². The number of unbranched alkanes of at least 4 members (excludes halogenated alkanes) is 35. The molecule has 0 heterocycles. The Morgan fingerprint density at radius 3 is 0.867 bits per heavy atom. The molecule has 60 heavy (non-hydrogen) atoms. The summed E-state index contributed by atoms with van der Waals surface area (Å²) in [6.45, 7) is 9.04. The molecule has 6 heteroatoms. The Morgan fingerprint density at radius 2 is 0.583 bits per heavy atom. The first-order chi connectivity index (χ1) is 29.4. The van der Waals surface area contributed by atoms with E-state index in [1.54, 1.807) is 0 Å². The fraction of sp³-hybridized carbons (Fsp3) is 0.944. The topological polar surface area (TPSA) is 78.9 Å². The van der Waals surface area contributed by atoms with Gasteiger partial charge in [-0.3, -0.25) is 14.4 Å². The number of hydrogen-bond donors (Lipinski definition) is 0. The zero-order chi connectivity index (χ0) is 43.8. The second kappa shape index (κ2) is 48.4. The molecule has 0 saturated heterocycles. The molecule has 0 radical (unpaired) electrons. The lowest BCUT2D eigenvalue weighted by Crippen LogP contribution is -2.30. The Labute approximate surface area is 374 Å². The standard InChI is InChI=1S/C54H104O6/c1-5-8-10-12-14-16-18-20-22-23-25-27-29-34-38-42-46-53(56)59-49-51(60-54(57)47-43-39-35-31-30-32-36-40-44-50(4)7-3)48-58-52(55)45-41-37-33-28-26-24-21-19-17-15-13-11-9-6-2/h50-51H,5-49H2,1-4H3/t50?,51-/m1/s1. The van der Waals surface area contributed by atoms with Crippen molar-refractivity contribution in [1.82, 2.24) is 0 Å². The van der Waals surface area contributed by atoms with Crippen molar-refractivity contribution in [2.75, 3.05) is 13.2 Å². The Kier molecular flexibility index (Phi) is 47.2. The van der Waals surface area contributed by atoms with Crippen molar-refractivity contribution >= 4 is 17.9 Å². The van der Waals surface area contributed by atoms with Crippen LogP contribution in [0.2, 0.25) is 0 Å². The van der Waals surface area contributed by atoms with Gasteiger partial charge in [0, 0.05) is 19.3 Å². The minimum absolute atomic E-state index is 0.0629. The maximum absolute atomic E-state index is 12.8. The zero-order valence-electron chi connectivity index (χ0n) is 40.9. The normalized spacial score (nSPS) is 12.4. The van der Waals surface area contributed by atoms with E-state index in [0.717, 1.165) is 63.7 Å². The Bertz CT molecular complexity index is 905. The SMILES string of the molecule is CCCCCCCCCCCCCCCCCCC(=O)OC[C@@H](COC(=O)CCCCCCCCCCCCCCCC)OC(=O)CCCCCCCCCCC(C)CC. The summed E-state index contributed by atoms with van der Waals surface area (Å²) in [7, 11) is 0. The third-order valence-corrected chi connectivity index (χ3v) is 12.7. The first-order valence-corrected chi connectivity index (χ1v) is 26.9. The average molecular weight is 849 g/mol. The lowest BCUT2D eigenvalue weighted by Gasteiger charge is -2.18. The monoisotopic (exact) mass is 849 g/mol. The lowest BCUT2D eigenvalue weighted by molar-refractivity contribution is -0.167. The second-order valence-electron chi connectivity index (χ2n) is 18.8. The molecule has 0 N–H and O–H groups in total. The van der Waals surface area contributed by atoms with Crippen molar-refractivity contribution in [3.8, 4) is 0 Å². The van der Waals surface area contributed by atoms with Crippen LogP contribution in [0.15, 0.2) is 0 Å². The molecule has 0 rings (SSSR count). The molecule has 0 spiro atoms. The maximum Gasteiger partial charge on any atom is 0.306 e. The van der Waals surface area contributed by atoms with E-state index in [2.05, 4.69) is 27.7 Å². The molecular weight excluding hydrogens is 745 g/mol. The summed E-state index contributed by atoms with van der Waals surface area (Å²) in [6.07, 6.45) is 50.8. The highest BCUT2D eigenvalue weighted by Crippen LogP contribution is 2.18. The molecule has 0 aromatic rings. The Morgan fingerprint density at radius 1 is 0.333 bits per heavy atom. The van der Waals surface area contributed by atoms with Gasteiger partial charge in [-0.15, -0.1) is 0 Å². The van der Waals surface area contributed by atoms with Gasteiger partial charge in [0.1, 0.15) is 13.2 Å². The molecule has 0 aliphatic heterocycles. The molecule has 0 fully saturated rings. The molecule has 0 aliphatic rings. The van der Waals surface area contributed by atoms with Gasteiger partial charge in [-0.05, 0) is 25.2 Å². The van der Waals surface area contributed by atoms with Crippen LogP contribution in [-0.2, 0) is 28.6 Å². The van der Waals surface area contributed by atoms with E-state index in [1.807, 2.05) is 0 Å². The van der Waals surface area contributed by atoms with Crippen molar-refractivity contribution in [3.05, 3.63) is 0 Å². The predicted octanol–water partition coefficient (Wildman–Crippen LogP) is 17.5. The van der Waals surface area contributed by atoms with Crippen LogP contribution in [0.1, 0.15) is 304 Å². The Balaban J connectivity index is 4.30. The first kappa shape index (κ1) is 58.4. The predicted molar refractivity (Wildman–Crippen MR) is 257 cm³/mol. The largest absolute Gasteiger partial charge is 0.462 e. The van der Waals surface area contributed by atoms with Gasteiger partial charge in [0.25, 0.3) is 0 Å². The van der Waals surface area contributed by atoms with Gasteiger partial charge >= 0.3 is 17.9 Å². The van der Waals surface area contributed by atoms with Crippen LogP contribution >= 0.6 is 0 Å². The summed E-state index contributed by atoms with van der Waals surface area (Å²) in [5, 5.41) is 0. The van der Waals surface area contributed by atoms with Crippen LogP contribution in [0.4, 0.5) is 0 Å². The van der Waals surface area contributed by atoms with E-state index in [1.165, 1.54) is 199 Å². The molecule has 356 valence electrons. The third kappa shape index (κ3) is 45.9. The van der Waals surface area contributed by atoms with Crippen molar-refractivity contribution in [2.45, 2.75) is 310 Å². The second-order valence-corrected chi connectivity index (χ2v) is 18.8. The summed E-state index contributed by atoms with van der Waals surface area (Å²) in [5.41, 5.74) is 0. The van der Waals surface area contributed by atoms with Gasteiger partial charge in [0.2, 0.25) is 0 Å². The zero-order valence-corrected chi connectivity index (χ0v) is 40.9. The average Bonchev–Trinajstić information content (AvgIpc) is 3.25. The van der Waals surface area contributed by atoms with E-state index >= 15 is 0 Å². The molecule has 0 bridgehead atoms. The molecule has 0 aromatic carbocycles. The molecule has 0 saturated carbocycles. The van der Waals surface area contributed by atoms with Gasteiger partial charge < -0.3 is 14.2 Å². The van der Waals surface area contributed by atoms with Gasteiger partial charge in [0.15, 0.2) is 6.10 Å². The van der Waals surface area contributed by atoms with Crippen LogP contribution in [0.25, 0.3) is 0 Å². The van der Waals surface area contributed by atoms with E-state index in [9.17, 15) is 14.4 Å². The number of rotatable bonds is 49. The van der Waals surface area contributed by atoms with Gasteiger partial charge in [0.05, 0.1) is 0 Å². The smallest absolute Gasteiger partial charge is 0.306 e. The maximum atomic E-state index is 12.8. The van der Waals surface area contributed by atoms with Crippen LogP contribution < -0.4 is 0 Å². The van der Waals surface area contributed by atoms with Crippen LogP contribution in [0, 0.1) is 5.92 Å². The highest BCUT2D eigenvalue weighted by molar-refractivity contribution is 5.71. The summed E-state index contributed by atoms with van der Waals surface area (Å²) in [6, 6.07) is 0. The molecule has 2 atom stereocenters. The fourth-order valence-electron chi connectivity index (χ4n) is 8.19. The summed E-state index contributed by atoms with van der Waals surface area (Å²) < 4.78 is 16.8. The van der Waals surface area contributed by atoms with E-state index in [4.69, 9.17) is 14.2 Å². The van der Waals surface area contributed by atoms with Crippen molar-refractivity contribution in [2.24, 2.45) is 5.92 Å². The fourth-order valence-corrected chi connectivity index (χ4v) is 8.19. The number of ether oxygens (including phenoxy) is 3. The minimum atomic E-state index is -0.761. The molecule has 6 nitrogen and oxygen atoms in total. The van der Waals surface area contributed by atoms with Gasteiger partial charge in [-0.1, -0.05) is 265 Å². The highest BCUT2D eigenvalue weighted by Gasteiger charge is 2.19. The van der Waals surface area contributed by atoms with Crippen LogP contribution in [0.3, 0.4) is 0 Å². The number of esters is 3. The molecule has 0 aliphatic carbocycles. The van der Waals surface area contributed by atoms with Crippen molar-refractivity contribution in [1.29, 1.82) is 0 Å². The van der Waals surface area contributed by atoms with Gasteiger partial charge in [-0.2, -0.15) is 0 Å². The highest BCUT2D eigenvalue weighted by atomic mass is 16.6. The van der Waals surface area contributed by atoms with Crippen LogP contribution in [0.5, 0.6) is 0 Å². The molecular formula is C54H104O6. The molecule has 0 amide bonds. The molecule has 1 unspecified atom stereocenters. The van der Waals surface area contributed by atoms with E-state index in [0.29, 0.717) is 19.3 Å². The van der Waals surface area contributed by atoms with Crippen molar-refractivity contribution in [3.63, 3.8) is 0 Å². The number of hydrogen-bond acceptors (Lipinski definition) is 6. The van der Waals surface area contributed by atoms with Gasteiger partial charge in [-0.25, -0.2) is 0 Å².